The molecule has 2 fully saturated rings. The summed E-state index contributed by atoms with van der Waals surface area (Å²) < 4.78 is 0. The molecule has 0 unspecified atom stereocenters. The molecule has 2 aromatic rings. The first-order valence-electron chi connectivity index (χ1n) is 12.3. The molecular formula is C26H36N4O2S. The minimum atomic E-state index is -0.0153. The molecule has 2 saturated heterocycles. The van der Waals surface area contributed by atoms with Crippen molar-refractivity contribution in [3.05, 3.63) is 40.9 Å². The van der Waals surface area contributed by atoms with Gasteiger partial charge in [0.1, 0.15) is 9.88 Å². The van der Waals surface area contributed by atoms with E-state index in [9.17, 15) is 9.59 Å². The first-order valence-corrected chi connectivity index (χ1v) is 13.2. The second kappa shape index (κ2) is 11.3. The van der Waals surface area contributed by atoms with Crippen molar-refractivity contribution < 1.29 is 9.59 Å². The molecule has 1 aromatic heterocycles. The summed E-state index contributed by atoms with van der Waals surface area (Å²) in [6, 6.07) is 10.0. The van der Waals surface area contributed by atoms with Gasteiger partial charge in [0, 0.05) is 37.7 Å². The van der Waals surface area contributed by atoms with Crippen LogP contribution in [0.3, 0.4) is 0 Å². The number of piperidine rings is 2. The molecule has 4 rings (SSSR count). The molecule has 0 spiro atoms. The van der Waals surface area contributed by atoms with Crippen LogP contribution in [0, 0.1) is 18.8 Å². The van der Waals surface area contributed by atoms with Crippen molar-refractivity contribution in [3.8, 4) is 10.6 Å². The number of hydrogen-bond donors (Lipinski definition) is 1. The van der Waals surface area contributed by atoms with Crippen molar-refractivity contribution in [1.29, 1.82) is 0 Å². The minimum absolute atomic E-state index is 0.0153. The molecule has 6 nitrogen and oxygen atoms in total. The monoisotopic (exact) mass is 468 g/mol. The summed E-state index contributed by atoms with van der Waals surface area (Å²) in [5, 5.41) is 4.03. The highest BCUT2D eigenvalue weighted by atomic mass is 32.1. The second-order valence-corrected chi connectivity index (χ2v) is 10.4. The largest absolute Gasteiger partial charge is 0.355 e. The van der Waals surface area contributed by atoms with Crippen LogP contribution in [0.1, 0.15) is 54.4 Å². The third-order valence-corrected chi connectivity index (χ3v) is 8.33. The van der Waals surface area contributed by atoms with E-state index < -0.39 is 0 Å². The third kappa shape index (κ3) is 6.01. The molecule has 7 heteroatoms. The maximum absolute atomic E-state index is 13.2. The fraction of sp³-hybridized carbons (Fsp3) is 0.577. The van der Waals surface area contributed by atoms with Gasteiger partial charge in [-0.2, -0.15) is 0 Å². The number of carbonyl (C=O) groups is 2. The summed E-state index contributed by atoms with van der Waals surface area (Å²) in [4.78, 5) is 35.6. The molecule has 1 aromatic carbocycles. The molecule has 2 aliphatic rings. The summed E-state index contributed by atoms with van der Waals surface area (Å²) >= 11 is 1.48. The second-order valence-electron chi connectivity index (χ2n) is 9.41. The fourth-order valence-electron chi connectivity index (χ4n) is 4.94. The van der Waals surface area contributed by atoms with E-state index in [-0.39, 0.29) is 17.7 Å². The van der Waals surface area contributed by atoms with Crippen molar-refractivity contribution in [2.45, 2.75) is 46.0 Å². The average Bonchev–Trinajstić information content (AvgIpc) is 3.26. The molecule has 0 saturated carbocycles. The zero-order valence-electron chi connectivity index (χ0n) is 19.9. The van der Waals surface area contributed by atoms with Crippen LogP contribution in [0.25, 0.3) is 10.6 Å². The summed E-state index contributed by atoms with van der Waals surface area (Å²) in [5.74, 6) is 0.539. The standard InChI is InChI=1S/C26H36N4O2S/c1-19(24(31)27-13-18-29-14-7-4-8-15-29)21-11-16-30(17-12-21)26(32)23-20(2)28-25(33-23)22-9-5-3-6-10-22/h3,5-6,9-10,19,21H,4,7-8,11-18H2,1-2H3,(H,27,31)/t19-/m0/s1. The molecular weight excluding hydrogens is 432 g/mol. The number of aryl methyl sites for hydroxylation is 1. The first kappa shape index (κ1) is 23.9. The van der Waals surface area contributed by atoms with E-state index in [1.54, 1.807) is 0 Å². The first-order chi connectivity index (χ1) is 16.0. The van der Waals surface area contributed by atoms with Crippen LogP contribution < -0.4 is 5.32 Å². The highest BCUT2D eigenvalue weighted by Gasteiger charge is 2.31. The lowest BCUT2D eigenvalue weighted by Gasteiger charge is -2.34. The normalized spacial score (nSPS) is 18.8. The van der Waals surface area contributed by atoms with E-state index >= 15 is 0 Å². The lowest BCUT2D eigenvalue weighted by Crippen LogP contribution is -2.44. The van der Waals surface area contributed by atoms with Gasteiger partial charge < -0.3 is 15.1 Å². The van der Waals surface area contributed by atoms with Crippen molar-refractivity contribution in [3.63, 3.8) is 0 Å². The maximum Gasteiger partial charge on any atom is 0.265 e. The zero-order chi connectivity index (χ0) is 23.2. The van der Waals surface area contributed by atoms with Gasteiger partial charge in [0.15, 0.2) is 0 Å². The predicted octanol–water partition coefficient (Wildman–Crippen LogP) is 4.21. The van der Waals surface area contributed by atoms with E-state index in [4.69, 9.17) is 0 Å². The van der Waals surface area contributed by atoms with Gasteiger partial charge in [-0.05, 0) is 51.6 Å². The van der Waals surface area contributed by atoms with Crippen LogP contribution >= 0.6 is 11.3 Å². The molecule has 0 aliphatic carbocycles. The van der Waals surface area contributed by atoms with Crippen LogP contribution in [0.2, 0.25) is 0 Å². The number of amides is 2. The topological polar surface area (TPSA) is 65.5 Å². The Morgan fingerprint density at radius 3 is 2.48 bits per heavy atom. The number of thiazole rings is 1. The lowest BCUT2D eigenvalue weighted by atomic mass is 9.85. The quantitative estimate of drug-likeness (QED) is 0.661. The summed E-state index contributed by atoms with van der Waals surface area (Å²) in [6.45, 7) is 9.35. The molecule has 1 N–H and O–H groups in total. The molecule has 2 aliphatic heterocycles. The molecule has 0 radical (unpaired) electrons. The third-order valence-electron chi connectivity index (χ3n) is 7.14. The van der Waals surface area contributed by atoms with Gasteiger partial charge in [-0.3, -0.25) is 9.59 Å². The van der Waals surface area contributed by atoms with Crippen LogP contribution in [0.15, 0.2) is 30.3 Å². The van der Waals surface area contributed by atoms with E-state index in [0.717, 1.165) is 60.2 Å². The Morgan fingerprint density at radius 1 is 1.09 bits per heavy atom. The number of carbonyl (C=O) groups excluding carboxylic acids is 2. The molecule has 1 atom stereocenters. The number of nitrogens with zero attached hydrogens (tertiary/aromatic N) is 3. The van der Waals surface area contributed by atoms with E-state index in [0.29, 0.717) is 19.0 Å². The number of hydrogen-bond acceptors (Lipinski definition) is 5. The minimum Gasteiger partial charge on any atom is -0.355 e. The van der Waals surface area contributed by atoms with Crippen LogP contribution in [0.5, 0.6) is 0 Å². The SMILES string of the molecule is Cc1nc(-c2ccccc2)sc1C(=O)N1CCC([C@H](C)C(=O)NCCN2CCCCC2)CC1. The zero-order valence-corrected chi connectivity index (χ0v) is 20.7. The Bertz CT molecular complexity index is 931. The van der Waals surface area contributed by atoms with Gasteiger partial charge in [-0.15, -0.1) is 11.3 Å². The van der Waals surface area contributed by atoms with Gasteiger partial charge in [-0.1, -0.05) is 43.7 Å². The smallest absolute Gasteiger partial charge is 0.265 e. The number of aromatic nitrogens is 1. The summed E-state index contributed by atoms with van der Waals surface area (Å²) in [5.41, 5.74) is 1.84. The highest BCUT2D eigenvalue weighted by Crippen LogP contribution is 2.31. The Morgan fingerprint density at radius 2 is 1.79 bits per heavy atom. The van der Waals surface area contributed by atoms with Crippen molar-refractivity contribution in [2.75, 3.05) is 39.3 Å². The van der Waals surface area contributed by atoms with Gasteiger partial charge in [0.05, 0.1) is 5.69 Å². The summed E-state index contributed by atoms with van der Waals surface area (Å²) in [7, 11) is 0. The Labute approximate surface area is 201 Å². The molecule has 178 valence electrons. The van der Waals surface area contributed by atoms with Crippen LogP contribution in [-0.4, -0.2) is 65.9 Å². The van der Waals surface area contributed by atoms with Crippen molar-refractivity contribution in [2.24, 2.45) is 11.8 Å². The van der Waals surface area contributed by atoms with Gasteiger partial charge in [-0.25, -0.2) is 4.98 Å². The predicted molar refractivity (Wildman–Crippen MR) is 133 cm³/mol. The lowest BCUT2D eigenvalue weighted by molar-refractivity contribution is -0.126. The fourth-order valence-corrected chi connectivity index (χ4v) is 5.98. The Hall–Kier alpha value is -2.25. The maximum atomic E-state index is 13.2. The average molecular weight is 469 g/mol. The molecule has 0 bridgehead atoms. The van der Waals surface area contributed by atoms with Crippen LogP contribution in [-0.2, 0) is 4.79 Å². The molecule has 3 heterocycles. The Balaban J connectivity index is 1.25. The summed E-state index contributed by atoms with van der Waals surface area (Å²) in [6.07, 6.45) is 5.62. The van der Waals surface area contributed by atoms with Gasteiger partial charge in [0.25, 0.3) is 5.91 Å². The van der Waals surface area contributed by atoms with Crippen molar-refractivity contribution >= 4 is 23.2 Å². The number of likely N-dealkylation sites (tertiary alicyclic amines) is 2. The van der Waals surface area contributed by atoms with E-state index in [1.165, 1.54) is 30.6 Å². The highest BCUT2D eigenvalue weighted by molar-refractivity contribution is 7.17. The van der Waals surface area contributed by atoms with Crippen molar-refractivity contribution in [1.82, 2.24) is 20.1 Å². The van der Waals surface area contributed by atoms with E-state index in [2.05, 4.69) is 15.2 Å². The van der Waals surface area contributed by atoms with E-state index in [1.807, 2.05) is 49.1 Å². The Kier molecular flexibility index (Phi) is 8.15. The van der Waals surface area contributed by atoms with Crippen LogP contribution in [0.4, 0.5) is 0 Å². The molecule has 2 amide bonds. The number of benzene rings is 1. The molecule has 33 heavy (non-hydrogen) atoms. The van der Waals surface area contributed by atoms with Gasteiger partial charge in [0.2, 0.25) is 5.91 Å². The van der Waals surface area contributed by atoms with Gasteiger partial charge >= 0.3 is 0 Å². The number of rotatable bonds is 7. The number of nitrogens with one attached hydrogen (secondary N) is 1.